The molecule has 2 aromatic rings. The van der Waals surface area contributed by atoms with Gasteiger partial charge in [-0.25, -0.2) is 0 Å². The molecule has 0 spiro atoms. The summed E-state index contributed by atoms with van der Waals surface area (Å²) in [5.74, 6) is 2.60. The Labute approximate surface area is 136 Å². The van der Waals surface area contributed by atoms with E-state index in [1.54, 1.807) is 0 Å². The average molecular weight is 316 g/mol. The average Bonchev–Trinajstić information content (AvgIpc) is 2.81. The van der Waals surface area contributed by atoms with E-state index in [0.717, 1.165) is 50.1 Å². The topological polar surface area (TPSA) is 67.6 Å². The second-order valence-corrected chi connectivity index (χ2v) is 7.65. The van der Waals surface area contributed by atoms with Gasteiger partial charge in [-0.15, -0.1) is 15.3 Å². The van der Waals surface area contributed by atoms with Gasteiger partial charge in [0.05, 0.1) is 19.3 Å². The molecule has 4 rings (SSSR count). The fourth-order valence-corrected chi connectivity index (χ4v) is 2.99. The van der Waals surface area contributed by atoms with Crippen molar-refractivity contribution in [1.82, 2.24) is 25.1 Å². The number of nitrogens with zero attached hydrogens (tertiary/aromatic N) is 5. The molecule has 124 valence electrons. The Morgan fingerprint density at radius 2 is 2.00 bits per heavy atom. The van der Waals surface area contributed by atoms with Crippen LogP contribution in [-0.2, 0) is 10.2 Å². The van der Waals surface area contributed by atoms with Crippen molar-refractivity contribution in [2.45, 2.75) is 32.2 Å². The summed E-state index contributed by atoms with van der Waals surface area (Å²) in [7, 11) is 0. The quantitative estimate of drug-likeness (QED) is 0.902. The molecule has 2 saturated heterocycles. The van der Waals surface area contributed by atoms with Crippen molar-refractivity contribution in [2.75, 3.05) is 37.7 Å². The van der Waals surface area contributed by atoms with Crippen molar-refractivity contribution in [3.63, 3.8) is 0 Å². The first-order chi connectivity index (χ1) is 11.0. The summed E-state index contributed by atoms with van der Waals surface area (Å²) in [6.07, 6.45) is 0. The number of hydrogen-bond acceptors (Lipinski definition) is 6. The number of ether oxygens (including phenoxy) is 1. The van der Waals surface area contributed by atoms with Crippen LogP contribution in [0.1, 0.15) is 26.6 Å². The van der Waals surface area contributed by atoms with Crippen LogP contribution in [-0.4, -0.2) is 58.7 Å². The monoisotopic (exact) mass is 316 g/mol. The molecule has 2 aliphatic rings. The molecule has 0 aromatic carbocycles. The lowest BCUT2D eigenvalue weighted by molar-refractivity contribution is -0.00690. The lowest BCUT2D eigenvalue weighted by Gasteiger charge is -2.41. The van der Waals surface area contributed by atoms with E-state index >= 15 is 0 Å². The van der Waals surface area contributed by atoms with Crippen LogP contribution in [0.5, 0.6) is 0 Å². The van der Waals surface area contributed by atoms with Crippen molar-refractivity contribution in [3.8, 4) is 0 Å². The first-order valence-corrected chi connectivity index (χ1v) is 8.30. The van der Waals surface area contributed by atoms with Crippen molar-refractivity contribution in [1.29, 1.82) is 0 Å². The predicted molar refractivity (Wildman–Crippen MR) is 87.8 cm³/mol. The summed E-state index contributed by atoms with van der Waals surface area (Å²) in [6, 6.07) is 4.60. The number of fused-ring (bicyclic) bond motifs is 1. The van der Waals surface area contributed by atoms with E-state index in [1.165, 1.54) is 0 Å². The van der Waals surface area contributed by atoms with Gasteiger partial charge in [-0.1, -0.05) is 20.8 Å². The highest BCUT2D eigenvalue weighted by Crippen LogP contribution is 2.25. The Morgan fingerprint density at radius 3 is 2.65 bits per heavy atom. The third-order valence-corrected chi connectivity index (χ3v) is 4.53. The Bertz CT molecular complexity index is 696. The van der Waals surface area contributed by atoms with Crippen molar-refractivity contribution >= 4 is 11.5 Å². The van der Waals surface area contributed by atoms with E-state index in [9.17, 15) is 0 Å². The summed E-state index contributed by atoms with van der Waals surface area (Å²) >= 11 is 0. The van der Waals surface area contributed by atoms with Crippen LogP contribution < -0.4 is 10.2 Å². The first kappa shape index (κ1) is 14.8. The van der Waals surface area contributed by atoms with Crippen molar-refractivity contribution in [3.05, 3.63) is 18.0 Å². The maximum atomic E-state index is 5.18. The van der Waals surface area contributed by atoms with Gasteiger partial charge in [0.2, 0.25) is 0 Å². The van der Waals surface area contributed by atoms with E-state index in [0.29, 0.717) is 12.0 Å². The van der Waals surface area contributed by atoms with E-state index in [1.807, 2.05) is 16.6 Å². The molecule has 0 amide bonds. The standard InChI is InChI=1S/C16H24N6O/c1-16(2,3)15-19-18-13-4-5-14(20-22(13)15)21-7-11(8-21)6-17-12-9-23-10-12/h4-5,11-12,17H,6-10H2,1-3H3. The molecular weight excluding hydrogens is 292 g/mol. The van der Waals surface area contributed by atoms with Gasteiger partial charge in [-0.2, -0.15) is 4.52 Å². The summed E-state index contributed by atoms with van der Waals surface area (Å²) in [4.78, 5) is 2.31. The lowest BCUT2D eigenvalue weighted by Crippen LogP contribution is -2.55. The summed E-state index contributed by atoms with van der Waals surface area (Å²) < 4.78 is 7.07. The number of aromatic nitrogens is 4. The van der Waals surface area contributed by atoms with Crippen molar-refractivity contribution in [2.24, 2.45) is 5.92 Å². The molecule has 0 unspecified atom stereocenters. The van der Waals surface area contributed by atoms with Gasteiger partial charge in [0.25, 0.3) is 0 Å². The van der Waals surface area contributed by atoms with Gasteiger partial charge in [-0.05, 0) is 12.1 Å². The van der Waals surface area contributed by atoms with Gasteiger partial charge in [0, 0.05) is 31.0 Å². The molecule has 2 aliphatic heterocycles. The van der Waals surface area contributed by atoms with E-state index in [-0.39, 0.29) is 5.41 Å². The van der Waals surface area contributed by atoms with Crippen LogP contribution in [0.2, 0.25) is 0 Å². The third kappa shape index (κ3) is 2.79. The van der Waals surface area contributed by atoms with Gasteiger partial charge < -0.3 is 15.0 Å². The molecule has 0 saturated carbocycles. The molecule has 2 fully saturated rings. The van der Waals surface area contributed by atoms with E-state index in [4.69, 9.17) is 9.84 Å². The highest BCUT2D eigenvalue weighted by molar-refractivity contribution is 5.47. The maximum absolute atomic E-state index is 5.18. The first-order valence-electron chi connectivity index (χ1n) is 8.30. The fraction of sp³-hybridized carbons (Fsp3) is 0.688. The van der Waals surface area contributed by atoms with Gasteiger partial charge in [0.1, 0.15) is 5.82 Å². The predicted octanol–water partition coefficient (Wildman–Crippen LogP) is 0.846. The molecular formula is C16H24N6O. The molecule has 0 radical (unpaired) electrons. The van der Waals surface area contributed by atoms with E-state index in [2.05, 4.69) is 41.2 Å². The second kappa shape index (κ2) is 5.42. The van der Waals surface area contributed by atoms with E-state index < -0.39 is 0 Å². The summed E-state index contributed by atoms with van der Waals surface area (Å²) in [6.45, 7) is 11.3. The molecule has 0 bridgehead atoms. The van der Waals surface area contributed by atoms with Crippen LogP contribution >= 0.6 is 0 Å². The van der Waals surface area contributed by atoms with Crippen LogP contribution in [0.4, 0.5) is 5.82 Å². The normalized spacial score (nSPS) is 19.9. The Hall–Kier alpha value is -1.73. The molecule has 4 heterocycles. The molecule has 23 heavy (non-hydrogen) atoms. The molecule has 0 atom stereocenters. The number of rotatable bonds is 4. The minimum Gasteiger partial charge on any atom is -0.378 e. The van der Waals surface area contributed by atoms with Crippen molar-refractivity contribution < 1.29 is 4.74 Å². The Balaban J connectivity index is 1.43. The lowest BCUT2D eigenvalue weighted by atomic mass is 9.96. The zero-order valence-corrected chi connectivity index (χ0v) is 14.0. The number of anilines is 1. The van der Waals surface area contributed by atoms with Crippen LogP contribution in [0, 0.1) is 5.92 Å². The number of nitrogens with one attached hydrogen (secondary N) is 1. The Morgan fingerprint density at radius 1 is 1.22 bits per heavy atom. The molecule has 7 nitrogen and oxygen atoms in total. The minimum absolute atomic E-state index is 0.0721. The zero-order valence-electron chi connectivity index (χ0n) is 14.0. The molecule has 0 aliphatic carbocycles. The Kier molecular flexibility index (Phi) is 3.50. The number of hydrogen-bond donors (Lipinski definition) is 1. The largest absolute Gasteiger partial charge is 0.378 e. The highest BCUT2D eigenvalue weighted by Gasteiger charge is 2.30. The van der Waals surface area contributed by atoms with Gasteiger partial charge in [-0.3, -0.25) is 0 Å². The third-order valence-electron chi connectivity index (χ3n) is 4.53. The maximum Gasteiger partial charge on any atom is 0.178 e. The van der Waals surface area contributed by atoms with Crippen LogP contribution in [0.25, 0.3) is 5.65 Å². The summed E-state index contributed by atoms with van der Waals surface area (Å²) in [5, 5.41) is 16.8. The fourth-order valence-electron chi connectivity index (χ4n) is 2.99. The molecule has 2 aromatic heterocycles. The second-order valence-electron chi connectivity index (χ2n) is 7.65. The molecule has 7 heteroatoms. The zero-order chi connectivity index (χ0) is 16.0. The smallest absolute Gasteiger partial charge is 0.178 e. The van der Waals surface area contributed by atoms with Crippen LogP contribution in [0.3, 0.4) is 0 Å². The highest BCUT2D eigenvalue weighted by atomic mass is 16.5. The minimum atomic E-state index is -0.0721. The van der Waals surface area contributed by atoms with Crippen LogP contribution in [0.15, 0.2) is 12.1 Å². The van der Waals surface area contributed by atoms with Gasteiger partial charge in [0.15, 0.2) is 11.5 Å². The summed E-state index contributed by atoms with van der Waals surface area (Å²) in [5.41, 5.74) is 0.736. The SMILES string of the molecule is CC(C)(C)c1nnc2ccc(N3CC(CNC4COC4)C3)nn12. The molecule has 1 N–H and O–H groups in total. The van der Waals surface area contributed by atoms with Gasteiger partial charge >= 0.3 is 0 Å².